The lowest BCUT2D eigenvalue weighted by Gasteiger charge is -2.05. The number of fused-ring (bicyclic) bond motifs is 3. The minimum Gasteiger partial charge on any atom is -0.343 e. The quantitative estimate of drug-likeness (QED) is 0.491. The van der Waals surface area contributed by atoms with Gasteiger partial charge in [-0.15, -0.1) is 0 Å². The number of aromatic nitrogens is 3. The Balaban J connectivity index is 1.99. The van der Waals surface area contributed by atoms with E-state index in [1.54, 1.807) is 19.3 Å². The van der Waals surface area contributed by atoms with Gasteiger partial charge in [-0.1, -0.05) is 12.1 Å². The third-order valence-electron chi connectivity index (χ3n) is 4.16. The molecule has 0 saturated carbocycles. The molecule has 0 radical (unpaired) electrons. The molecule has 0 atom stereocenters. The molecule has 0 unspecified atom stereocenters. The van der Waals surface area contributed by atoms with E-state index in [9.17, 15) is 4.39 Å². The summed E-state index contributed by atoms with van der Waals surface area (Å²) in [5.74, 6) is -0.416. The predicted octanol–water partition coefficient (Wildman–Crippen LogP) is 4.24. The molecule has 0 spiro atoms. The Bertz CT molecular complexity index is 1020. The molecule has 3 aromatic heterocycles. The van der Waals surface area contributed by atoms with E-state index in [0.717, 1.165) is 27.5 Å². The third-order valence-corrected chi connectivity index (χ3v) is 4.16. The molecule has 0 aliphatic heterocycles. The van der Waals surface area contributed by atoms with Crippen molar-refractivity contribution in [1.29, 1.82) is 0 Å². The minimum absolute atomic E-state index is 0.416. The molecule has 4 rings (SSSR count). The average Bonchev–Trinajstić information content (AvgIpc) is 2.83. The van der Waals surface area contributed by atoms with E-state index in [0.29, 0.717) is 5.56 Å². The second-order valence-corrected chi connectivity index (χ2v) is 5.52. The van der Waals surface area contributed by atoms with Gasteiger partial charge in [0.05, 0.1) is 5.52 Å². The zero-order valence-electron chi connectivity index (χ0n) is 12.3. The molecule has 4 heteroatoms. The maximum Gasteiger partial charge on any atom is 0.215 e. The van der Waals surface area contributed by atoms with E-state index in [-0.39, 0.29) is 0 Å². The van der Waals surface area contributed by atoms with Crippen molar-refractivity contribution in [2.75, 3.05) is 0 Å². The maximum absolute atomic E-state index is 13.3. The SMILES string of the molecule is Cc1cc(-c2ccc3c4cnccc4n(C)c3c2)cnc1F. The standard InChI is InChI=1S/C18H14FN3/c1-11-7-13(9-21-18(11)19)12-3-4-14-15-10-20-6-5-16(15)22(2)17(14)8-12/h3-10H,1-2H3. The smallest absolute Gasteiger partial charge is 0.215 e. The molecule has 0 bridgehead atoms. The van der Waals surface area contributed by atoms with Crippen molar-refractivity contribution in [2.24, 2.45) is 7.05 Å². The van der Waals surface area contributed by atoms with Crippen LogP contribution in [0.25, 0.3) is 32.9 Å². The first-order valence-electron chi connectivity index (χ1n) is 7.10. The zero-order valence-corrected chi connectivity index (χ0v) is 12.3. The summed E-state index contributed by atoms with van der Waals surface area (Å²) in [6.45, 7) is 1.73. The van der Waals surface area contributed by atoms with Crippen LogP contribution in [0.5, 0.6) is 0 Å². The Morgan fingerprint density at radius 1 is 0.955 bits per heavy atom. The van der Waals surface area contributed by atoms with Gasteiger partial charge in [-0.05, 0) is 30.7 Å². The summed E-state index contributed by atoms with van der Waals surface area (Å²) in [5, 5.41) is 2.31. The van der Waals surface area contributed by atoms with Crippen molar-refractivity contribution in [3.05, 3.63) is 60.4 Å². The largest absolute Gasteiger partial charge is 0.343 e. The Morgan fingerprint density at radius 2 is 1.82 bits per heavy atom. The molecule has 0 amide bonds. The van der Waals surface area contributed by atoms with Crippen LogP contribution < -0.4 is 0 Å². The third kappa shape index (κ3) is 1.80. The zero-order chi connectivity index (χ0) is 15.3. The number of rotatable bonds is 1. The second kappa shape index (κ2) is 4.63. The van der Waals surface area contributed by atoms with Gasteiger partial charge in [0.1, 0.15) is 0 Å². The molecule has 0 aliphatic rings. The van der Waals surface area contributed by atoms with Crippen LogP contribution in [0.4, 0.5) is 4.39 Å². The highest BCUT2D eigenvalue weighted by Crippen LogP contribution is 2.31. The summed E-state index contributed by atoms with van der Waals surface area (Å²) in [5.41, 5.74) is 4.78. The van der Waals surface area contributed by atoms with E-state index in [2.05, 4.69) is 26.7 Å². The summed E-state index contributed by atoms with van der Waals surface area (Å²) in [6, 6.07) is 10.1. The molecule has 0 aliphatic carbocycles. The van der Waals surface area contributed by atoms with Crippen LogP contribution in [0.3, 0.4) is 0 Å². The summed E-state index contributed by atoms with van der Waals surface area (Å²) in [4.78, 5) is 8.03. The molecule has 4 aromatic rings. The number of benzene rings is 1. The number of nitrogens with zero attached hydrogens (tertiary/aromatic N) is 3. The van der Waals surface area contributed by atoms with E-state index in [4.69, 9.17) is 0 Å². The van der Waals surface area contributed by atoms with Crippen molar-refractivity contribution >= 4 is 21.8 Å². The first kappa shape index (κ1) is 13.0. The Labute approximate surface area is 127 Å². The number of pyridine rings is 2. The summed E-state index contributed by atoms with van der Waals surface area (Å²) < 4.78 is 15.5. The molecule has 1 aromatic carbocycles. The van der Waals surface area contributed by atoms with Gasteiger partial charge in [0.25, 0.3) is 0 Å². The summed E-state index contributed by atoms with van der Waals surface area (Å²) in [7, 11) is 2.04. The Kier molecular flexibility index (Phi) is 2.73. The Morgan fingerprint density at radius 3 is 2.64 bits per heavy atom. The number of hydrogen-bond acceptors (Lipinski definition) is 2. The van der Waals surface area contributed by atoms with Gasteiger partial charge in [0, 0.05) is 53.1 Å². The van der Waals surface area contributed by atoms with Gasteiger partial charge >= 0.3 is 0 Å². The molecule has 0 saturated heterocycles. The minimum atomic E-state index is -0.416. The van der Waals surface area contributed by atoms with Crippen LogP contribution >= 0.6 is 0 Å². The number of halogens is 1. The van der Waals surface area contributed by atoms with Crippen LogP contribution in [0, 0.1) is 12.9 Å². The Hall–Kier alpha value is -2.75. The van der Waals surface area contributed by atoms with E-state index >= 15 is 0 Å². The molecular weight excluding hydrogens is 277 g/mol. The van der Waals surface area contributed by atoms with Crippen LogP contribution in [-0.4, -0.2) is 14.5 Å². The van der Waals surface area contributed by atoms with Gasteiger partial charge < -0.3 is 4.57 Å². The molecule has 0 N–H and O–H groups in total. The van der Waals surface area contributed by atoms with Crippen molar-refractivity contribution in [3.63, 3.8) is 0 Å². The molecule has 3 heterocycles. The fourth-order valence-electron chi connectivity index (χ4n) is 2.95. The van der Waals surface area contributed by atoms with E-state index in [1.807, 2.05) is 31.4 Å². The highest BCUT2D eigenvalue weighted by atomic mass is 19.1. The predicted molar refractivity (Wildman–Crippen MR) is 86.1 cm³/mol. The van der Waals surface area contributed by atoms with Gasteiger partial charge in [-0.3, -0.25) is 4.98 Å². The lowest BCUT2D eigenvalue weighted by molar-refractivity contribution is 0.575. The maximum atomic E-state index is 13.3. The van der Waals surface area contributed by atoms with E-state index in [1.165, 1.54) is 5.39 Å². The van der Waals surface area contributed by atoms with Gasteiger partial charge in [0.15, 0.2) is 0 Å². The van der Waals surface area contributed by atoms with Gasteiger partial charge in [-0.2, -0.15) is 4.39 Å². The first-order chi connectivity index (χ1) is 10.6. The fraction of sp³-hybridized carbons (Fsp3) is 0.111. The molecule has 0 fully saturated rings. The van der Waals surface area contributed by atoms with Gasteiger partial charge in [-0.25, -0.2) is 4.98 Å². The molecule has 22 heavy (non-hydrogen) atoms. The lowest BCUT2D eigenvalue weighted by Crippen LogP contribution is -1.90. The first-order valence-corrected chi connectivity index (χ1v) is 7.10. The second-order valence-electron chi connectivity index (χ2n) is 5.52. The van der Waals surface area contributed by atoms with Crippen molar-refractivity contribution in [1.82, 2.24) is 14.5 Å². The monoisotopic (exact) mass is 291 g/mol. The van der Waals surface area contributed by atoms with Crippen molar-refractivity contribution in [3.8, 4) is 11.1 Å². The van der Waals surface area contributed by atoms with Crippen LogP contribution in [0.15, 0.2) is 48.9 Å². The fourth-order valence-corrected chi connectivity index (χ4v) is 2.95. The van der Waals surface area contributed by atoms with Crippen molar-refractivity contribution in [2.45, 2.75) is 6.92 Å². The highest BCUT2D eigenvalue weighted by molar-refractivity contribution is 6.08. The van der Waals surface area contributed by atoms with Crippen LogP contribution in [-0.2, 0) is 7.05 Å². The average molecular weight is 291 g/mol. The topological polar surface area (TPSA) is 30.7 Å². The number of aryl methyl sites for hydroxylation is 2. The van der Waals surface area contributed by atoms with Crippen molar-refractivity contribution < 1.29 is 4.39 Å². The molecular formula is C18H14FN3. The number of hydrogen-bond donors (Lipinski definition) is 0. The highest BCUT2D eigenvalue weighted by Gasteiger charge is 2.10. The summed E-state index contributed by atoms with van der Waals surface area (Å²) in [6.07, 6.45) is 5.27. The van der Waals surface area contributed by atoms with E-state index < -0.39 is 5.95 Å². The van der Waals surface area contributed by atoms with Crippen LogP contribution in [0.2, 0.25) is 0 Å². The molecule has 3 nitrogen and oxygen atoms in total. The normalized spacial score (nSPS) is 11.4. The van der Waals surface area contributed by atoms with Gasteiger partial charge in [0.2, 0.25) is 5.95 Å². The molecule has 108 valence electrons. The van der Waals surface area contributed by atoms with Crippen LogP contribution in [0.1, 0.15) is 5.56 Å². The summed E-state index contributed by atoms with van der Waals surface area (Å²) >= 11 is 0. The lowest BCUT2D eigenvalue weighted by atomic mass is 10.0.